The zero-order chi connectivity index (χ0) is 65.2. The molecule has 14 heteroatoms. The van der Waals surface area contributed by atoms with Crippen LogP contribution in [0.5, 0.6) is 0 Å². The predicted molar refractivity (Wildman–Crippen MR) is 368 cm³/mol. The maximum atomic E-state index is 13.3. The van der Waals surface area contributed by atoms with E-state index in [1.807, 2.05) is 6.08 Å². The Morgan fingerprint density at radius 1 is 0.411 bits per heavy atom. The smallest absolute Gasteiger partial charge is 0.220 e. The molecule has 12 unspecified atom stereocenters. The first-order valence-electron chi connectivity index (χ1n) is 34.4. The molecule has 0 saturated carbocycles. The second kappa shape index (κ2) is 58.2. The lowest BCUT2D eigenvalue weighted by atomic mass is 9.97. The van der Waals surface area contributed by atoms with Gasteiger partial charge >= 0.3 is 0 Å². The molecule has 508 valence electrons. The molecule has 90 heavy (non-hydrogen) atoms. The van der Waals surface area contributed by atoms with Crippen LogP contribution >= 0.6 is 0 Å². The molecule has 1 amide bonds. The Morgan fingerprint density at radius 3 is 1.22 bits per heavy atom. The van der Waals surface area contributed by atoms with E-state index in [1.54, 1.807) is 6.08 Å². The Morgan fingerprint density at radius 2 is 0.778 bits per heavy atom. The summed E-state index contributed by atoms with van der Waals surface area (Å²) in [7, 11) is 0. The summed E-state index contributed by atoms with van der Waals surface area (Å²) < 4.78 is 22.8. The van der Waals surface area contributed by atoms with Crippen LogP contribution in [0.2, 0.25) is 0 Å². The fourth-order valence-corrected chi connectivity index (χ4v) is 9.91. The third kappa shape index (κ3) is 41.8. The van der Waals surface area contributed by atoms with E-state index in [9.17, 15) is 45.6 Å². The first-order chi connectivity index (χ1) is 44.1. The lowest BCUT2D eigenvalue weighted by Gasteiger charge is -2.46. The molecule has 2 rings (SSSR count). The summed E-state index contributed by atoms with van der Waals surface area (Å²) in [4.78, 5) is 13.3. The van der Waals surface area contributed by atoms with Crippen LogP contribution in [0.15, 0.2) is 170 Å². The third-order valence-corrected chi connectivity index (χ3v) is 15.4. The fourth-order valence-electron chi connectivity index (χ4n) is 9.91. The Hall–Kier alpha value is -4.65. The van der Waals surface area contributed by atoms with Crippen LogP contribution in [0.4, 0.5) is 0 Å². The van der Waals surface area contributed by atoms with Gasteiger partial charge in [0.2, 0.25) is 5.91 Å². The molecule has 12 atom stereocenters. The zero-order valence-electron chi connectivity index (χ0n) is 55.0. The SMILES string of the molecule is CC/C=C\C/C=C\C/C=C\C/C=C\C/C=C\C/C=C\C/C=C\C/C=C\C/C=C\C/C=C\C/C=C\CCCCCCCCCC(=O)NC(COC1OC(CO)C(OC2OC(CO)C(O)C(O)C2O)C(O)C1O)C(O)/C=C/CC/C=C/CC/C=C/CCCCCCC. The van der Waals surface area contributed by atoms with Crippen LogP contribution < -0.4 is 5.32 Å². The zero-order valence-corrected chi connectivity index (χ0v) is 55.0. The van der Waals surface area contributed by atoms with E-state index in [2.05, 4.69) is 177 Å². The summed E-state index contributed by atoms with van der Waals surface area (Å²) in [5.41, 5.74) is 0. The molecule has 0 aliphatic carbocycles. The first kappa shape index (κ1) is 81.4. The van der Waals surface area contributed by atoms with Crippen molar-refractivity contribution in [2.45, 2.75) is 280 Å². The minimum absolute atomic E-state index is 0.245. The van der Waals surface area contributed by atoms with Crippen molar-refractivity contribution in [1.29, 1.82) is 0 Å². The highest BCUT2D eigenvalue weighted by molar-refractivity contribution is 5.76. The summed E-state index contributed by atoms with van der Waals surface area (Å²) >= 11 is 0. The van der Waals surface area contributed by atoms with Gasteiger partial charge in [0.25, 0.3) is 0 Å². The van der Waals surface area contributed by atoms with Gasteiger partial charge in [0.1, 0.15) is 48.8 Å². The number of amides is 1. The fraction of sp³-hybridized carbons (Fsp3) is 0.618. The minimum Gasteiger partial charge on any atom is -0.394 e. The number of aliphatic hydroxyl groups excluding tert-OH is 8. The maximum absolute atomic E-state index is 13.3. The Balaban J connectivity index is 1.65. The quantitative estimate of drug-likeness (QED) is 0.0204. The number of carbonyl (C=O) groups is 1. The Bertz CT molecular complexity index is 2170. The molecule has 0 aromatic carbocycles. The van der Waals surface area contributed by atoms with E-state index in [0.717, 1.165) is 141 Å². The summed E-state index contributed by atoms with van der Waals surface area (Å²) in [6, 6.07) is -0.957. The second-order valence-corrected chi connectivity index (χ2v) is 23.2. The Labute approximate surface area is 543 Å². The van der Waals surface area contributed by atoms with Gasteiger partial charge < -0.3 is 65.1 Å². The van der Waals surface area contributed by atoms with Crippen LogP contribution in [0, 0.1) is 0 Å². The highest BCUT2D eigenvalue weighted by atomic mass is 16.7. The van der Waals surface area contributed by atoms with Crippen molar-refractivity contribution in [1.82, 2.24) is 5.32 Å². The Kier molecular flexibility index (Phi) is 52.7. The van der Waals surface area contributed by atoms with E-state index in [1.165, 1.54) is 32.1 Å². The highest BCUT2D eigenvalue weighted by Gasteiger charge is 2.51. The van der Waals surface area contributed by atoms with Crippen LogP contribution in [0.1, 0.15) is 206 Å². The first-order valence-corrected chi connectivity index (χ1v) is 34.4. The topological polar surface area (TPSA) is 228 Å². The second-order valence-electron chi connectivity index (χ2n) is 23.2. The lowest BCUT2D eigenvalue weighted by molar-refractivity contribution is -0.359. The van der Waals surface area contributed by atoms with Gasteiger partial charge in [-0.3, -0.25) is 4.79 Å². The van der Waals surface area contributed by atoms with Crippen LogP contribution in [0.25, 0.3) is 0 Å². The normalized spacial score (nSPS) is 24.0. The van der Waals surface area contributed by atoms with E-state index in [4.69, 9.17) is 18.9 Å². The molecule has 2 fully saturated rings. The summed E-state index contributed by atoms with van der Waals surface area (Å²) in [6.07, 6.45) is 74.1. The molecule has 2 saturated heterocycles. The number of hydrogen-bond donors (Lipinski definition) is 9. The van der Waals surface area contributed by atoms with E-state index >= 15 is 0 Å². The van der Waals surface area contributed by atoms with Crippen molar-refractivity contribution in [2.75, 3.05) is 19.8 Å². The number of nitrogens with one attached hydrogen (secondary N) is 1. The van der Waals surface area contributed by atoms with Crippen molar-refractivity contribution >= 4 is 5.91 Å². The molecular weight excluding hydrogens is 1130 g/mol. The molecule has 2 heterocycles. The molecule has 2 aliphatic heterocycles. The van der Waals surface area contributed by atoms with Crippen molar-refractivity contribution in [3.05, 3.63) is 170 Å². The van der Waals surface area contributed by atoms with Gasteiger partial charge in [-0.15, -0.1) is 0 Å². The molecule has 14 nitrogen and oxygen atoms in total. The number of unbranched alkanes of at least 4 members (excludes halogenated alkanes) is 14. The number of hydrogen-bond acceptors (Lipinski definition) is 13. The average molecular weight is 1260 g/mol. The van der Waals surface area contributed by atoms with Crippen molar-refractivity contribution in [2.24, 2.45) is 0 Å². The van der Waals surface area contributed by atoms with Gasteiger partial charge in [-0.25, -0.2) is 0 Å². The summed E-state index contributed by atoms with van der Waals surface area (Å²) in [5.74, 6) is -0.273. The third-order valence-electron chi connectivity index (χ3n) is 15.4. The average Bonchev–Trinajstić information content (AvgIpc) is 1.58. The molecule has 0 bridgehead atoms. The summed E-state index contributed by atoms with van der Waals surface area (Å²) in [6.45, 7) is 2.61. The lowest BCUT2D eigenvalue weighted by Crippen LogP contribution is -2.65. The minimum atomic E-state index is -1.80. The molecule has 0 spiro atoms. The van der Waals surface area contributed by atoms with E-state index in [0.29, 0.717) is 12.8 Å². The van der Waals surface area contributed by atoms with Crippen molar-refractivity contribution in [3.8, 4) is 0 Å². The standard InChI is InChI=1S/C76H121NO13/c1-3-5-7-9-11-13-15-17-19-20-21-22-23-24-25-26-27-28-29-30-31-32-33-34-35-36-37-38-39-40-41-42-43-44-46-48-50-52-54-56-58-60-68(81)77-64(65(80)59-57-55-53-51-49-47-45-18-16-14-12-10-8-6-4-2)63-87-75-73(86)71(84)74(67(62-79)89-75)90-76-72(85)70(83)69(82)66(61-78)88-76/h5,7,11,13,16-19,21-22,24-25,27-28,30-31,33-34,36-37,39-40,42-43,49,51,57,59,64-67,69-76,78-80,82-86H,3-4,6,8-10,12,14-15,20,23,26,29,32,35,38,41,44-48,50,52-56,58,60-63H2,1-2H3,(H,77,81)/b7-5-,13-11-,18-16+,19-17-,22-21-,25-24-,28-27-,31-30-,34-33-,37-36-,40-39-,43-42-,51-49+,59-57+. The number of ether oxygens (including phenoxy) is 4. The number of allylic oxidation sites excluding steroid dienone is 27. The molecular formula is C76H121NO13. The van der Waals surface area contributed by atoms with Gasteiger partial charge in [0, 0.05) is 6.42 Å². The van der Waals surface area contributed by atoms with Gasteiger partial charge in [0.15, 0.2) is 12.6 Å². The molecule has 2 aliphatic rings. The molecule has 0 aromatic rings. The number of aliphatic hydroxyl groups is 8. The van der Waals surface area contributed by atoms with Crippen LogP contribution in [0.3, 0.4) is 0 Å². The molecule has 9 N–H and O–H groups in total. The summed E-state index contributed by atoms with van der Waals surface area (Å²) in [5, 5.41) is 87.2. The van der Waals surface area contributed by atoms with Crippen LogP contribution in [-0.4, -0.2) is 140 Å². The van der Waals surface area contributed by atoms with Crippen molar-refractivity contribution in [3.63, 3.8) is 0 Å². The van der Waals surface area contributed by atoms with Crippen molar-refractivity contribution < 1.29 is 64.6 Å². The van der Waals surface area contributed by atoms with Gasteiger partial charge in [-0.1, -0.05) is 242 Å². The maximum Gasteiger partial charge on any atom is 0.220 e. The number of rotatable bonds is 53. The van der Waals surface area contributed by atoms with E-state index < -0.39 is 86.8 Å². The van der Waals surface area contributed by atoms with Gasteiger partial charge in [-0.05, 0) is 128 Å². The highest BCUT2D eigenvalue weighted by Crippen LogP contribution is 2.30. The van der Waals surface area contributed by atoms with Crippen LogP contribution in [-0.2, 0) is 23.7 Å². The van der Waals surface area contributed by atoms with Gasteiger partial charge in [-0.2, -0.15) is 0 Å². The van der Waals surface area contributed by atoms with Gasteiger partial charge in [0.05, 0.1) is 32.0 Å². The van der Waals surface area contributed by atoms with E-state index in [-0.39, 0.29) is 18.9 Å². The predicted octanol–water partition coefficient (Wildman–Crippen LogP) is 14.0. The monoisotopic (exact) mass is 1260 g/mol. The molecule has 0 radical (unpaired) electrons. The largest absolute Gasteiger partial charge is 0.394 e. The number of carbonyl (C=O) groups excluding carboxylic acids is 1. The molecule has 0 aromatic heterocycles.